The lowest BCUT2D eigenvalue weighted by molar-refractivity contribution is -0.116. The van der Waals surface area contributed by atoms with Crippen molar-refractivity contribution in [3.63, 3.8) is 0 Å². The lowest BCUT2D eigenvalue weighted by Crippen LogP contribution is -2.39. The molecular weight excluding hydrogens is 463 g/mol. The van der Waals surface area contributed by atoms with Crippen LogP contribution in [-0.2, 0) is 4.79 Å². The third-order valence-corrected chi connectivity index (χ3v) is 7.98. The Balaban J connectivity index is 1.59. The van der Waals surface area contributed by atoms with Crippen LogP contribution in [0, 0.1) is 24.1 Å². The van der Waals surface area contributed by atoms with E-state index in [-0.39, 0.29) is 17.1 Å². The fourth-order valence-electron chi connectivity index (χ4n) is 5.60. The number of nitrogens with one attached hydrogen (secondary N) is 1. The number of hydrogen-bond donors (Lipinski definition) is 2. The average molecular weight is 501 g/mol. The molecule has 0 radical (unpaired) electrons. The highest BCUT2D eigenvalue weighted by Gasteiger charge is 2.39. The first-order valence-electron chi connectivity index (χ1n) is 13.3. The molecule has 1 unspecified atom stereocenters. The number of carbonyl (C=O) groups is 1. The van der Waals surface area contributed by atoms with Crippen molar-refractivity contribution in [2.45, 2.75) is 59.3 Å². The number of nitrogens with two attached hydrogens (primary N) is 1. The molecule has 1 fully saturated rings. The zero-order valence-corrected chi connectivity index (χ0v) is 22.1. The number of rotatable bonds is 9. The van der Waals surface area contributed by atoms with Gasteiger partial charge >= 0.3 is 0 Å². The van der Waals surface area contributed by atoms with Crippen LogP contribution in [0.1, 0.15) is 63.6 Å². The van der Waals surface area contributed by atoms with Gasteiger partial charge in [-0.25, -0.2) is 4.39 Å². The van der Waals surface area contributed by atoms with Gasteiger partial charge in [-0.1, -0.05) is 45.6 Å². The van der Waals surface area contributed by atoms with Crippen molar-refractivity contribution in [2.24, 2.45) is 17.1 Å². The van der Waals surface area contributed by atoms with Gasteiger partial charge in [-0.3, -0.25) is 14.8 Å². The molecule has 4 rings (SSSR count). The molecule has 0 saturated heterocycles. The molecule has 5 nitrogen and oxygen atoms in total. The van der Waals surface area contributed by atoms with E-state index < -0.39 is 0 Å². The lowest BCUT2D eigenvalue weighted by Gasteiger charge is -2.34. The van der Waals surface area contributed by atoms with Crippen LogP contribution in [0.5, 0.6) is 0 Å². The van der Waals surface area contributed by atoms with Gasteiger partial charge in [0.25, 0.3) is 5.91 Å². The number of benzene rings is 1. The van der Waals surface area contributed by atoms with Crippen LogP contribution in [0.15, 0.2) is 61.1 Å². The van der Waals surface area contributed by atoms with E-state index in [2.05, 4.69) is 29.1 Å². The molecule has 3 aromatic rings. The molecule has 2 aromatic heterocycles. The quantitative estimate of drug-likeness (QED) is 0.322. The first-order valence-corrected chi connectivity index (χ1v) is 13.3. The Labute approximate surface area is 219 Å². The van der Waals surface area contributed by atoms with Crippen molar-refractivity contribution in [2.75, 3.05) is 6.54 Å². The summed E-state index contributed by atoms with van der Waals surface area (Å²) < 4.78 is 13.9. The standard InChI is InChI=1S/C31H37FN4O/c1-4-5-13-31(14-6-8-22(31)3)20-36-30(37)26(19-33)28-18-23(12-16-34-28)25-9-7-15-35-29(25)24-10-11-27(32)21(2)17-24/h7,9-12,15-19,22H,4-6,8,13-14,20,33H2,1-3H3,(H,36,37)/t22-,31?/m1/s1. The SMILES string of the molecule is CCCCC1(CNC(=O)C(=CN)c2cc(-c3cccnc3-c3ccc(F)c(C)c3)ccn2)CCC[C@H]1C. The van der Waals surface area contributed by atoms with Crippen LogP contribution in [0.4, 0.5) is 4.39 Å². The van der Waals surface area contributed by atoms with Gasteiger partial charge in [0.1, 0.15) is 5.82 Å². The first-order chi connectivity index (χ1) is 17.9. The van der Waals surface area contributed by atoms with Crippen molar-refractivity contribution in [1.29, 1.82) is 0 Å². The van der Waals surface area contributed by atoms with E-state index in [0.29, 0.717) is 29.3 Å². The zero-order valence-electron chi connectivity index (χ0n) is 22.1. The van der Waals surface area contributed by atoms with Crippen LogP contribution in [0.25, 0.3) is 28.0 Å². The Hall–Kier alpha value is -3.54. The van der Waals surface area contributed by atoms with Gasteiger partial charge in [0.05, 0.1) is 17.0 Å². The number of pyridine rings is 2. The maximum atomic E-state index is 13.9. The molecule has 0 spiro atoms. The summed E-state index contributed by atoms with van der Waals surface area (Å²) in [6.45, 7) is 6.92. The van der Waals surface area contributed by atoms with E-state index in [1.165, 1.54) is 31.5 Å². The van der Waals surface area contributed by atoms with E-state index in [9.17, 15) is 9.18 Å². The van der Waals surface area contributed by atoms with E-state index in [4.69, 9.17) is 5.73 Å². The van der Waals surface area contributed by atoms with E-state index >= 15 is 0 Å². The number of unbranched alkanes of at least 4 members (excludes halogenated alkanes) is 1. The van der Waals surface area contributed by atoms with E-state index in [1.54, 1.807) is 31.5 Å². The number of nitrogens with zero attached hydrogens (tertiary/aromatic N) is 2. The molecule has 6 heteroatoms. The van der Waals surface area contributed by atoms with E-state index in [0.717, 1.165) is 41.6 Å². The molecule has 194 valence electrons. The summed E-state index contributed by atoms with van der Waals surface area (Å²) in [5, 5.41) is 3.19. The summed E-state index contributed by atoms with van der Waals surface area (Å²) in [5.74, 6) is 0.132. The molecule has 1 aromatic carbocycles. The molecule has 1 amide bonds. The maximum Gasteiger partial charge on any atom is 0.254 e. The number of hydrogen-bond acceptors (Lipinski definition) is 4. The van der Waals surface area contributed by atoms with Crippen molar-refractivity contribution >= 4 is 11.5 Å². The van der Waals surface area contributed by atoms with E-state index in [1.807, 2.05) is 24.3 Å². The van der Waals surface area contributed by atoms with Gasteiger partial charge in [-0.05, 0) is 78.6 Å². The molecule has 0 aliphatic heterocycles. The summed E-state index contributed by atoms with van der Waals surface area (Å²) in [6, 6.07) is 12.5. The molecule has 37 heavy (non-hydrogen) atoms. The average Bonchev–Trinajstić information content (AvgIpc) is 3.28. The monoisotopic (exact) mass is 500 g/mol. The highest BCUT2D eigenvalue weighted by atomic mass is 19.1. The minimum Gasteiger partial charge on any atom is -0.404 e. The van der Waals surface area contributed by atoms with Crippen LogP contribution in [0.3, 0.4) is 0 Å². The van der Waals surface area contributed by atoms with Crippen molar-refractivity contribution < 1.29 is 9.18 Å². The first kappa shape index (κ1) is 26.5. The summed E-state index contributed by atoms with van der Waals surface area (Å²) >= 11 is 0. The van der Waals surface area contributed by atoms with Crippen LogP contribution < -0.4 is 11.1 Å². The summed E-state index contributed by atoms with van der Waals surface area (Å²) in [7, 11) is 0. The molecule has 0 bridgehead atoms. The molecule has 2 heterocycles. The number of aromatic nitrogens is 2. The molecule has 1 aliphatic rings. The highest BCUT2D eigenvalue weighted by Crippen LogP contribution is 2.46. The van der Waals surface area contributed by atoms with Crippen LogP contribution >= 0.6 is 0 Å². The fraction of sp³-hybridized carbons (Fsp3) is 0.387. The second-order valence-corrected chi connectivity index (χ2v) is 10.3. The number of halogens is 1. The van der Waals surface area contributed by atoms with Gasteiger partial charge in [0.2, 0.25) is 0 Å². The van der Waals surface area contributed by atoms with Gasteiger partial charge < -0.3 is 11.1 Å². The Morgan fingerprint density at radius 2 is 2.03 bits per heavy atom. The van der Waals surface area contributed by atoms with Crippen LogP contribution in [0.2, 0.25) is 0 Å². The second kappa shape index (κ2) is 11.7. The number of aryl methyl sites for hydroxylation is 1. The van der Waals surface area contributed by atoms with Gasteiger partial charge in [0, 0.05) is 36.3 Å². The van der Waals surface area contributed by atoms with Crippen LogP contribution in [-0.4, -0.2) is 22.4 Å². The fourth-order valence-corrected chi connectivity index (χ4v) is 5.60. The third kappa shape index (κ3) is 5.74. The second-order valence-electron chi connectivity index (χ2n) is 10.3. The van der Waals surface area contributed by atoms with Crippen molar-refractivity contribution in [3.05, 3.63) is 78.1 Å². The molecular formula is C31H37FN4O. The smallest absolute Gasteiger partial charge is 0.254 e. The highest BCUT2D eigenvalue weighted by molar-refractivity contribution is 6.19. The van der Waals surface area contributed by atoms with Gasteiger partial charge in [-0.15, -0.1) is 0 Å². The molecule has 2 atom stereocenters. The predicted molar refractivity (Wildman–Crippen MR) is 148 cm³/mol. The lowest BCUT2D eigenvalue weighted by atomic mass is 9.74. The topological polar surface area (TPSA) is 80.9 Å². The Morgan fingerprint density at radius 1 is 1.19 bits per heavy atom. The normalized spacial score (nSPS) is 19.7. The molecule has 3 N–H and O–H groups in total. The molecule has 1 aliphatic carbocycles. The summed E-state index contributed by atoms with van der Waals surface area (Å²) in [5.41, 5.74) is 10.8. The Bertz CT molecular complexity index is 1290. The van der Waals surface area contributed by atoms with Gasteiger partial charge in [-0.2, -0.15) is 0 Å². The minimum absolute atomic E-state index is 0.151. The van der Waals surface area contributed by atoms with Crippen molar-refractivity contribution in [1.82, 2.24) is 15.3 Å². The Morgan fingerprint density at radius 3 is 2.73 bits per heavy atom. The summed E-state index contributed by atoms with van der Waals surface area (Å²) in [4.78, 5) is 22.4. The maximum absolute atomic E-state index is 13.9. The third-order valence-electron chi connectivity index (χ3n) is 7.98. The summed E-state index contributed by atoms with van der Waals surface area (Å²) in [6.07, 6.45) is 11.8. The number of amides is 1. The predicted octanol–water partition coefficient (Wildman–Crippen LogP) is 6.67. The largest absolute Gasteiger partial charge is 0.404 e. The van der Waals surface area contributed by atoms with Gasteiger partial charge in [0.15, 0.2) is 0 Å². The zero-order chi connectivity index (χ0) is 26.4. The minimum atomic E-state index is -0.250. The van der Waals surface area contributed by atoms with Crippen molar-refractivity contribution in [3.8, 4) is 22.4 Å². The molecule has 1 saturated carbocycles. The number of carbonyl (C=O) groups excluding carboxylic acids is 1. The Kier molecular flexibility index (Phi) is 8.37.